The molecule has 0 aliphatic carbocycles. The lowest BCUT2D eigenvalue weighted by Gasteiger charge is -2.28. The van der Waals surface area contributed by atoms with Crippen molar-refractivity contribution in [1.82, 2.24) is 20.0 Å². The monoisotopic (exact) mass is 344 g/mol. The van der Waals surface area contributed by atoms with E-state index in [4.69, 9.17) is 4.74 Å². The maximum atomic E-state index is 12.4. The summed E-state index contributed by atoms with van der Waals surface area (Å²) in [4.78, 5) is 30.2. The molecule has 2 amide bonds. The van der Waals surface area contributed by atoms with Gasteiger partial charge in [-0.2, -0.15) is 0 Å². The molecule has 0 aromatic rings. The second-order valence-corrected chi connectivity index (χ2v) is 7.07. The summed E-state index contributed by atoms with van der Waals surface area (Å²) in [6.07, 6.45) is -0.563. The van der Waals surface area contributed by atoms with Gasteiger partial charge < -0.3 is 24.8 Å². The van der Waals surface area contributed by atoms with Gasteiger partial charge in [0, 0.05) is 26.2 Å². The summed E-state index contributed by atoms with van der Waals surface area (Å²) in [6, 6.07) is 0. The molecule has 0 atom stereocenters. The van der Waals surface area contributed by atoms with E-state index in [0.29, 0.717) is 13.1 Å². The molecule has 1 N–H and O–H groups in total. The number of amides is 2. The van der Waals surface area contributed by atoms with Crippen molar-refractivity contribution in [3.05, 3.63) is 0 Å². The first-order valence-corrected chi connectivity index (χ1v) is 8.70. The average molecular weight is 345 g/mol. The smallest absolute Gasteiger partial charge is 0.408 e. The normalized spacial score (nSPS) is 11.7. The third-order valence-electron chi connectivity index (χ3n) is 3.53. The van der Waals surface area contributed by atoms with E-state index in [9.17, 15) is 9.59 Å². The molecule has 0 aromatic heterocycles. The number of hydrogen-bond acceptors (Lipinski definition) is 5. The van der Waals surface area contributed by atoms with Crippen LogP contribution >= 0.6 is 0 Å². The Kier molecular flexibility index (Phi) is 10.6. The number of carbonyl (C=O) groups excluding carboxylic acids is 2. The van der Waals surface area contributed by atoms with Gasteiger partial charge in [-0.3, -0.25) is 4.79 Å². The SMILES string of the molecule is CCN(CC)CCN(CCN(C)C)C(=O)CNC(=O)OC(C)(C)C. The third-order valence-corrected chi connectivity index (χ3v) is 3.53. The Morgan fingerprint density at radius 2 is 1.50 bits per heavy atom. The lowest BCUT2D eigenvalue weighted by atomic mass is 10.2. The number of nitrogens with one attached hydrogen (secondary N) is 1. The predicted molar refractivity (Wildman–Crippen MR) is 97.2 cm³/mol. The molecule has 0 fully saturated rings. The zero-order valence-electron chi connectivity index (χ0n) is 16.5. The van der Waals surface area contributed by atoms with Crippen LogP contribution in [0.2, 0.25) is 0 Å². The average Bonchev–Trinajstić information content (AvgIpc) is 2.46. The van der Waals surface area contributed by atoms with Crippen molar-refractivity contribution in [2.75, 3.05) is 59.9 Å². The van der Waals surface area contributed by atoms with Gasteiger partial charge in [-0.05, 0) is 48.0 Å². The van der Waals surface area contributed by atoms with Crippen LogP contribution in [0, 0.1) is 0 Å². The van der Waals surface area contributed by atoms with Crippen LogP contribution in [0.4, 0.5) is 4.79 Å². The Balaban J connectivity index is 4.52. The van der Waals surface area contributed by atoms with Crippen molar-refractivity contribution in [3.8, 4) is 0 Å². The van der Waals surface area contributed by atoms with E-state index in [1.54, 1.807) is 25.7 Å². The second kappa shape index (κ2) is 11.3. The summed E-state index contributed by atoms with van der Waals surface area (Å²) >= 11 is 0. The first kappa shape index (κ1) is 22.7. The van der Waals surface area contributed by atoms with Gasteiger partial charge in [0.15, 0.2) is 0 Å². The molecule has 0 rings (SSSR count). The Bertz CT molecular complexity index is 377. The molecule has 0 aliphatic heterocycles. The van der Waals surface area contributed by atoms with E-state index in [1.807, 2.05) is 19.0 Å². The summed E-state index contributed by atoms with van der Waals surface area (Å²) in [5.74, 6) is -0.0881. The summed E-state index contributed by atoms with van der Waals surface area (Å²) in [5.41, 5.74) is -0.569. The first-order valence-electron chi connectivity index (χ1n) is 8.70. The molecule has 0 unspecified atom stereocenters. The van der Waals surface area contributed by atoms with Crippen molar-refractivity contribution in [2.45, 2.75) is 40.2 Å². The molecule has 0 bridgehead atoms. The lowest BCUT2D eigenvalue weighted by molar-refractivity contribution is -0.130. The van der Waals surface area contributed by atoms with E-state index in [2.05, 4.69) is 24.1 Å². The van der Waals surface area contributed by atoms with Crippen LogP contribution < -0.4 is 5.32 Å². The van der Waals surface area contributed by atoms with Crippen LogP contribution in [-0.4, -0.2) is 92.2 Å². The molecule has 0 aromatic carbocycles. The molecule has 0 saturated heterocycles. The minimum absolute atomic E-state index is 0.0411. The van der Waals surface area contributed by atoms with Gasteiger partial charge in [0.25, 0.3) is 0 Å². The van der Waals surface area contributed by atoms with Crippen molar-refractivity contribution in [2.24, 2.45) is 0 Å². The van der Waals surface area contributed by atoms with Gasteiger partial charge >= 0.3 is 6.09 Å². The largest absolute Gasteiger partial charge is 0.444 e. The fourth-order valence-corrected chi connectivity index (χ4v) is 2.06. The Morgan fingerprint density at radius 3 is 1.96 bits per heavy atom. The number of rotatable bonds is 10. The molecule has 0 heterocycles. The maximum absolute atomic E-state index is 12.4. The third kappa shape index (κ3) is 11.2. The first-order chi connectivity index (χ1) is 11.1. The van der Waals surface area contributed by atoms with Crippen molar-refractivity contribution < 1.29 is 14.3 Å². The van der Waals surface area contributed by atoms with Crippen LogP contribution in [-0.2, 0) is 9.53 Å². The Morgan fingerprint density at radius 1 is 0.958 bits per heavy atom. The lowest BCUT2D eigenvalue weighted by Crippen LogP contribution is -2.46. The van der Waals surface area contributed by atoms with E-state index in [-0.39, 0.29) is 12.5 Å². The Hall–Kier alpha value is -1.34. The number of alkyl carbamates (subject to hydrolysis) is 1. The topological polar surface area (TPSA) is 65.1 Å². The number of likely N-dealkylation sites (N-methyl/N-ethyl adjacent to an activating group) is 2. The zero-order valence-corrected chi connectivity index (χ0v) is 16.5. The van der Waals surface area contributed by atoms with Gasteiger partial charge in [0.05, 0.1) is 0 Å². The van der Waals surface area contributed by atoms with Crippen molar-refractivity contribution >= 4 is 12.0 Å². The molecule has 0 spiro atoms. The van der Waals surface area contributed by atoms with Gasteiger partial charge in [-0.25, -0.2) is 4.79 Å². The number of nitrogens with zero attached hydrogens (tertiary/aromatic N) is 3. The fraction of sp³-hybridized carbons (Fsp3) is 0.882. The predicted octanol–water partition coefficient (Wildman–Crippen LogP) is 1.24. The number of carbonyl (C=O) groups is 2. The highest BCUT2D eigenvalue weighted by atomic mass is 16.6. The summed E-state index contributed by atoms with van der Waals surface area (Å²) < 4.78 is 5.16. The molecular weight excluding hydrogens is 308 g/mol. The minimum Gasteiger partial charge on any atom is -0.444 e. The second-order valence-electron chi connectivity index (χ2n) is 7.07. The van der Waals surface area contributed by atoms with E-state index in [1.165, 1.54) is 0 Å². The van der Waals surface area contributed by atoms with Crippen molar-refractivity contribution in [1.29, 1.82) is 0 Å². The minimum atomic E-state index is -0.569. The van der Waals surface area contributed by atoms with E-state index >= 15 is 0 Å². The van der Waals surface area contributed by atoms with Gasteiger partial charge in [0.2, 0.25) is 5.91 Å². The summed E-state index contributed by atoms with van der Waals surface area (Å²) in [7, 11) is 3.96. The van der Waals surface area contributed by atoms with Crippen LogP contribution in [0.1, 0.15) is 34.6 Å². The standard InChI is InChI=1S/C17H36N4O3/c1-8-20(9-2)11-13-21(12-10-19(6)7)15(22)14-18-16(23)24-17(3,4)5/h8-14H2,1-7H3,(H,18,23). The highest BCUT2D eigenvalue weighted by Gasteiger charge is 2.19. The van der Waals surface area contributed by atoms with E-state index in [0.717, 1.165) is 26.2 Å². The van der Waals surface area contributed by atoms with Crippen LogP contribution in [0.5, 0.6) is 0 Å². The zero-order chi connectivity index (χ0) is 18.8. The van der Waals surface area contributed by atoms with Gasteiger partial charge in [0.1, 0.15) is 12.1 Å². The molecule has 0 radical (unpaired) electrons. The van der Waals surface area contributed by atoms with Gasteiger partial charge in [-0.15, -0.1) is 0 Å². The molecule has 7 nitrogen and oxygen atoms in total. The summed E-state index contributed by atoms with van der Waals surface area (Å²) in [5, 5.41) is 2.54. The van der Waals surface area contributed by atoms with Crippen LogP contribution in [0.25, 0.3) is 0 Å². The molecule has 142 valence electrons. The molecule has 24 heavy (non-hydrogen) atoms. The highest BCUT2D eigenvalue weighted by Crippen LogP contribution is 2.06. The number of ether oxygens (including phenoxy) is 1. The summed E-state index contributed by atoms with van der Waals surface area (Å²) in [6.45, 7) is 14.4. The number of hydrogen-bond donors (Lipinski definition) is 1. The fourth-order valence-electron chi connectivity index (χ4n) is 2.06. The Labute approximate surface area is 147 Å². The van der Waals surface area contributed by atoms with E-state index < -0.39 is 11.7 Å². The van der Waals surface area contributed by atoms with Crippen LogP contribution in [0.15, 0.2) is 0 Å². The maximum Gasteiger partial charge on any atom is 0.408 e. The van der Waals surface area contributed by atoms with Crippen LogP contribution in [0.3, 0.4) is 0 Å². The quantitative estimate of drug-likeness (QED) is 0.646. The molecular formula is C17H36N4O3. The van der Waals surface area contributed by atoms with Gasteiger partial charge in [-0.1, -0.05) is 13.8 Å². The van der Waals surface area contributed by atoms with Crippen molar-refractivity contribution in [3.63, 3.8) is 0 Å². The molecule has 0 saturated carbocycles. The molecule has 0 aliphatic rings. The molecule has 7 heteroatoms. The highest BCUT2D eigenvalue weighted by molar-refractivity contribution is 5.82.